The van der Waals surface area contributed by atoms with Crippen LogP contribution in [-0.4, -0.2) is 41.4 Å². The molecular weight excluding hydrogens is 334 g/mol. The monoisotopic (exact) mass is 351 g/mol. The largest absolute Gasteiger partial charge is 0.478 e. The molecule has 2 N–H and O–H groups in total. The number of carboxylic acid groups (broad SMARTS) is 1. The van der Waals surface area contributed by atoms with Gasteiger partial charge in [0.2, 0.25) is 5.91 Å². The van der Waals surface area contributed by atoms with Gasteiger partial charge in [0.05, 0.1) is 16.7 Å². The summed E-state index contributed by atoms with van der Waals surface area (Å²) >= 11 is 0. The van der Waals surface area contributed by atoms with Crippen LogP contribution in [0.15, 0.2) is 35.5 Å². The van der Waals surface area contributed by atoms with E-state index in [1.54, 1.807) is 17.1 Å². The van der Waals surface area contributed by atoms with Crippen LogP contribution in [-0.2, 0) is 21.2 Å². The Morgan fingerprint density at radius 3 is 2.54 bits per heavy atom. The second kappa shape index (κ2) is 6.83. The number of carboxylic acids is 1. The van der Waals surface area contributed by atoms with Crippen LogP contribution in [0.25, 0.3) is 0 Å². The van der Waals surface area contributed by atoms with Gasteiger partial charge in [0, 0.05) is 31.1 Å². The van der Waals surface area contributed by atoms with Crippen LogP contribution in [0, 0.1) is 6.92 Å². The fraction of sp³-hybridized carbons (Fsp3) is 0.267. The number of rotatable bonds is 6. The Hall–Kier alpha value is -2.68. The van der Waals surface area contributed by atoms with Gasteiger partial charge in [-0.15, -0.1) is 0 Å². The summed E-state index contributed by atoms with van der Waals surface area (Å²) in [5, 5.41) is 15.6. The van der Waals surface area contributed by atoms with Crippen molar-refractivity contribution in [3.05, 3.63) is 41.7 Å². The maximum Gasteiger partial charge on any atom is 0.335 e. The lowest BCUT2D eigenvalue weighted by molar-refractivity contribution is -0.116. The molecule has 0 spiro atoms. The molecule has 0 unspecified atom stereocenters. The zero-order valence-corrected chi connectivity index (χ0v) is 14.0. The Bertz CT molecular complexity index is 886. The number of nitrogens with one attached hydrogen (secondary N) is 1. The Kier molecular flexibility index (Phi) is 5.03. The van der Waals surface area contributed by atoms with Crippen LogP contribution >= 0.6 is 0 Å². The van der Waals surface area contributed by atoms with Crippen molar-refractivity contribution in [1.29, 1.82) is 0 Å². The van der Waals surface area contributed by atoms with Crippen molar-refractivity contribution >= 4 is 27.4 Å². The van der Waals surface area contributed by atoms with Gasteiger partial charge in [0.1, 0.15) is 0 Å². The molecule has 2 rings (SSSR count). The van der Waals surface area contributed by atoms with Crippen molar-refractivity contribution < 1.29 is 23.1 Å². The Balaban J connectivity index is 2.14. The third kappa shape index (κ3) is 4.66. The predicted molar refractivity (Wildman–Crippen MR) is 86.7 cm³/mol. The predicted octanol–water partition coefficient (Wildman–Crippen LogP) is 1.32. The van der Waals surface area contributed by atoms with Gasteiger partial charge in [-0.2, -0.15) is 5.10 Å². The minimum Gasteiger partial charge on any atom is -0.478 e. The molecule has 0 saturated carbocycles. The van der Waals surface area contributed by atoms with Gasteiger partial charge in [-0.3, -0.25) is 9.48 Å². The number of benzene rings is 1. The Labute approximate surface area is 139 Å². The summed E-state index contributed by atoms with van der Waals surface area (Å²) in [5.41, 5.74) is 0.884. The van der Waals surface area contributed by atoms with Gasteiger partial charge in [0.25, 0.3) is 0 Å². The molecule has 8 nitrogen and oxygen atoms in total. The number of amides is 1. The Morgan fingerprint density at radius 2 is 2.00 bits per heavy atom. The summed E-state index contributed by atoms with van der Waals surface area (Å²) < 4.78 is 24.9. The van der Waals surface area contributed by atoms with E-state index in [0.29, 0.717) is 6.54 Å². The van der Waals surface area contributed by atoms with Crippen molar-refractivity contribution in [3.8, 4) is 0 Å². The summed E-state index contributed by atoms with van der Waals surface area (Å²) in [6.07, 6.45) is 4.55. The molecule has 1 amide bonds. The van der Waals surface area contributed by atoms with Crippen molar-refractivity contribution in [2.45, 2.75) is 24.8 Å². The number of hydrogen-bond acceptors (Lipinski definition) is 5. The minimum atomic E-state index is -3.60. The van der Waals surface area contributed by atoms with E-state index in [1.807, 2.05) is 6.92 Å². The number of aromatic carboxylic acids is 1. The number of carbonyl (C=O) groups is 2. The molecule has 1 aromatic heterocycles. The maximum atomic E-state index is 12.0. The molecule has 0 radical (unpaired) electrons. The average molecular weight is 351 g/mol. The lowest BCUT2D eigenvalue weighted by atomic mass is 10.2. The molecule has 9 heteroatoms. The molecule has 0 aliphatic heterocycles. The van der Waals surface area contributed by atoms with E-state index >= 15 is 0 Å². The number of aromatic nitrogens is 2. The van der Waals surface area contributed by atoms with Crippen molar-refractivity contribution in [2.24, 2.45) is 0 Å². The highest BCUT2D eigenvalue weighted by molar-refractivity contribution is 7.90. The number of carbonyl (C=O) groups excluding carboxylic acids is 1. The normalized spacial score (nSPS) is 11.2. The highest BCUT2D eigenvalue weighted by atomic mass is 32.2. The number of sulfone groups is 1. The van der Waals surface area contributed by atoms with Crippen LogP contribution in [0.2, 0.25) is 0 Å². The maximum absolute atomic E-state index is 12.0. The summed E-state index contributed by atoms with van der Waals surface area (Å²) in [7, 11) is -3.60. The first kappa shape index (κ1) is 17.7. The molecule has 0 atom stereocenters. The molecule has 0 aliphatic carbocycles. The second-order valence-corrected chi connectivity index (χ2v) is 7.42. The molecule has 0 saturated heterocycles. The first-order chi connectivity index (χ1) is 11.1. The lowest BCUT2D eigenvalue weighted by Gasteiger charge is -2.09. The Morgan fingerprint density at radius 1 is 1.29 bits per heavy atom. The highest BCUT2D eigenvalue weighted by Gasteiger charge is 2.15. The van der Waals surface area contributed by atoms with Crippen LogP contribution < -0.4 is 5.32 Å². The van der Waals surface area contributed by atoms with E-state index in [0.717, 1.165) is 17.9 Å². The SMILES string of the molecule is Cc1cnn(CCC(=O)Nc2cc(C(=O)O)cc(S(C)(=O)=O)c2)c1. The summed E-state index contributed by atoms with van der Waals surface area (Å²) in [6, 6.07) is 3.50. The van der Waals surface area contributed by atoms with Crippen molar-refractivity contribution in [1.82, 2.24) is 9.78 Å². The van der Waals surface area contributed by atoms with Crippen LogP contribution in [0.4, 0.5) is 5.69 Å². The highest BCUT2D eigenvalue weighted by Crippen LogP contribution is 2.19. The third-order valence-corrected chi connectivity index (χ3v) is 4.29. The number of anilines is 1. The summed E-state index contributed by atoms with van der Waals surface area (Å²) in [6.45, 7) is 2.24. The van der Waals surface area contributed by atoms with Crippen LogP contribution in [0.3, 0.4) is 0 Å². The quantitative estimate of drug-likeness (QED) is 0.810. The number of aryl methyl sites for hydroxylation is 2. The van der Waals surface area contributed by atoms with Gasteiger partial charge in [0.15, 0.2) is 9.84 Å². The fourth-order valence-corrected chi connectivity index (χ4v) is 2.72. The van der Waals surface area contributed by atoms with Gasteiger partial charge in [-0.05, 0) is 30.7 Å². The molecule has 1 heterocycles. The number of nitrogens with zero attached hydrogens (tertiary/aromatic N) is 2. The van der Waals surface area contributed by atoms with Crippen LogP contribution in [0.1, 0.15) is 22.3 Å². The van der Waals surface area contributed by atoms with E-state index in [1.165, 1.54) is 12.1 Å². The molecule has 128 valence electrons. The van der Waals surface area contributed by atoms with E-state index < -0.39 is 15.8 Å². The van der Waals surface area contributed by atoms with Gasteiger partial charge in [-0.1, -0.05) is 0 Å². The second-order valence-electron chi connectivity index (χ2n) is 5.40. The first-order valence-electron chi connectivity index (χ1n) is 7.02. The number of hydrogen-bond donors (Lipinski definition) is 2. The van der Waals surface area contributed by atoms with Crippen LogP contribution in [0.5, 0.6) is 0 Å². The van der Waals surface area contributed by atoms with Gasteiger partial charge < -0.3 is 10.4 Å². The van der Waals surface area contributed by atoms with Gasteiger partial charge in [-0.25, -0.2) is 13.2 Å². The molecule has 2 aromatic rings. The summed E-state index contributed by atoms with van der Waals surface area (Å²) in [5.74, 6) is -1.65. The van der Waals surface area contributed by atoms with E-state index in [4.69, 9.17) is 5.11 Å². The minimum absolute atomic E-state index is 0.118. The van der Waals surface area contributed by atoms with E-state index in [9.17, 15) is 18.0 Å². The zero-order valence-electron chi connectivity index (χ0n) is 13.2. The third-order valence-electron chi connectivity index (χ3n) is 3.20. The average Bonchev–Trinajstić information content (AvgIpc) is 2.89. The smallest absolute Gasteiger partial charge is 0.335 e. The van der Waals surface area contributed by atoms with E-state index in [-0.39, 0.29) is 28.5 Å². The van der Waals surface area contributed by atoms with Crippen molar-refractivity contribution in [2.75, 3.05) is 11.6 Å². The molecule has 0 aliphatic rings. The van der Waals surface area contributed by atoms with Crippen molar-refractivity contribution in [3.63, 3.8) is 0 Å². The fourth-order valence-electron chi connectivity index (χ4n) is 2.04. The van der Waals surface area contributed by atoms with E-state index in [2.05, 4.69) is 10.4 Å². The molecule has 1 aromatic carbocycles. The molecule has 0 fully saturated rings. The molecular formula is C15H17N3O5S. The zero-order chi connectivity index (χ0) is 17.9. The molecule has 24 heavy (non-hydrogen) atoms. The lowest BCUT2D eigenvalue weighted by Crippen LogP contribution is -2.15. The first-order valence-corrected chi connectivity index (χ1v) is 8.91. The summed E-state index contributed by atoms with van der Waals surface area (Å²) in [4.78, 5) is 22.9. The topological polar surface area (TPSA) is 118 Å². The standard InChI is InChI=1S/C15H17N3O5S/c1-10-8-16-18(9-10)4-3-14(19)17-12-5-11(15(20)21)6-13(7-12)24(2,22)23/h5-9H,3-4H2,1-2H3,(H,17,19)(H,20,21). The van der Waals surface area contributed by atoms with Gasteiger partial charge >= 0.3 is 5.97 Å². The molecule has 0 bridgehead atoms.